The first-order valence-electron chi connectivity index (χ1n) is 6.99. The van der Waals surface area contributed by atoms with E-state index in [1.54, 1.807) is 24.1 Å². The summed E-state index contributed by atoms with van der Waals surface area (Å²) in [5.74, 6) is 1.92. The fraction of sp³-hybridized carbons (Fsp3) is 0.467. The lowest BCUT2D eigenvalue weighted by Gasteiger charge is -2.27. The molecule has 0 bridgehead atoms. The second-order valence-electron chi connectivity index (χ2n) is 5.05. The van der Waals surface area contributed by atoms with E-state index in [1.807, 2.05) is 30.9 Å². The minimum atomic E-state index is -0.102. The van der Waals surface area contributed by atoms with Crippen LogP contribution in [0.2, 0.25) is 0 Å². The normalized spacial score (nSPS) is 18.1. The van der Waals surface area contributed by atoms with Crippen LogP contribution in [0.15, 0.2) is 24.3 Å². The zero-order chi connectivity index (χ0) is 15.2. The predicted molar refractivity (Wildman–Crippen MR) is 85.4 cm³/mol. The van der Waals surface area contributed by atoms with Crippen LogP contribution in [0, 0.1) is 0 Å². The summed E-state index contributed by atoms with van der Waals surface area (Å²) in [5, 5.41) is 5.84. The molecule has 0 aromatic heterocycles. The van der Waals surface area contributed by atoms with Gasteiger partial charge in [-0.05, 0) is 17.7 Å². The van der Waals surface area contributed by atoms with Gasteiger partial charge in [-0.25, -0.2) is 0 Å². The molecule has 21 heavy (non-hydrogen) atoms. The van der Waals surface area contributed by atoms with Crippen molar-refractivity contribution in [3.8, 4) is 0 Å². The molecule has 1 fully saturated rings. The van der Waals surface area contributed by atoms with Crippen molar-refractivity contribution in [3.05, 3.63) is 35.4 Å². The third kappa shape index (κ3) is 4.22. The number of nitrogens with zero attached hydrogens (tertiary/aromatic N) is 1. The molecule has 1 unspecified atom stereocenters. The van der Waals surface area contributed by atoms with Crippen LogP contribution in [0.4, 0.5) is 0 Å². The Bertz CT molecular complexity index is 498. The number of hydrogen-bond acceptors (Lipinski definition) is 4. The molecular weight excluding hydrogens is 286 g/mol. The fourth-order valence-electron chi connectivity index (χ4n) is 2.25. The number of carbonyl (C=O) groups excluding carboxylic acids is 2. The molecule has 0 aliphatic carbocycles. The van der Waals surface area contributed by atoms with E-state index in [1.165, 1.54) is 0 Å². The van der Waals surface area contributed by atoms with Gasteiger partial charge in [0.25, 0.3) is 5.91 Å². The second kappa shape index (κ2) is 7.47. The Labute approximate surface area is 129 Å². The van der Waals surface area contributed by atoms with E-state index >= 15 is 0 Å². The number of rotatable bonds is 4. The molecule has 1 atom stereocenters. The van der Waals surface area contributed by atoms with Crippen LogP contribution in [-0.4, -0.2) is 54.9 Å². The topological polar surface area (TPSA) is 61.4 Å². The second-order valence-corrected chi connectivity index (χ2v) is 6.20. The van der Waals surface area contributed by atoms with Gasteiger partial charge in [0.05, 0.1) is 6.04 Å². The maximum absolute atomic E-state index is 12.3. The van der Waals surface area contributed by atoms with E-state index in [4.69, 9.17) is 0 Å². The summed E-state index contributed by atoms with van der Waals surface area (Å²) in [7, 11) is 3.42. The summed E-state index contributed by atoms with van der Waals surface area (Å²) in [4.78, 5) is 25.5. The average Bonchev–Trinajstić information content (AvgIpc) is 2.55. The van der Waals surface area contributed by atoms with Gasteiger partial charge in [0.2, 0.25) is 5.91 Å². The number of carbonyl (C=O) groups is 2. The van der Waals surface area contributed by atoms with E-state index in [0.29, 0.717) is 12.1 Å². The predicted octanol–water partition coefficient (Wildman–Crippen LogP) is 0.710. The molecule has 1 aliphatic rings. The minimum absolute atomic E-state index is 0.0844. The maximum Gasteiger partial charge on any atom is 0.251 e. The third-order valence-corrected chi connectivity index (χ3v) is 4.52. The zero-order valence-corrected chi connectivity index (χ0v) is 13.2. The molecule has 0 radical (unpaired) electrons. The van der Waals surface area contributed by atoms with Crippen molar-refractivity contribution in [2.24, 2.45) is 0 Å². The van der Waals surface area contributed by atoms with Gasteiger partial charge in [-0.3, -0.25) is 9.59 Å². The van der Waals surface area contributed by atoms with Crippen LogP contribution in [0.5, 0.6) is 0 Å². The Morgan fingerprint density at radius 2 is 2.10 bits per heavy atom. The largest absolute Gasteiger partial charge is 0.355 e. The van der Waals surface area contributed by atoms with Crippen LogP contribution in [0.3, 0.4) is 0 Å². The van der Waals surface area contributed by atoms with Crippen molar-refractivity contribution in [2.75, 3.05) is 32.1 Å². The highest BCUT2D eigenvalue weighted by atomic mass is 32.2. The summed E-state index contributed by atoms with van der Waals surface area (Å²) in [6.45, 7) is 1.44. The van der Waals surface area contributed by atoms with Crippen molar-refractivity contribution in [1.29, 1.82) is 0 Å². The molecule has 1 aromatic carbocycles. The Balaban J connectivity index is 1.93. The zero-order valence-electron chi connectivity index (χ0n) is 12.4. The standard InChI is InChI=1S/C15H21N3O2S/c1-16-14(19)12-5-3-11(4-6-12)9-18(2)15(20)13-10-21-8-7-17-13/h3-6,13,17H,7-10H2,1-2H3,(H,16,19). The lowest BCUT2D eigenvalue weighted by molar-refractivity contribution is -0.132. The fourth-order valence-corrected chi connectivity index (χ4v) is 3.17. The van der Waals surface area contributed by atoms with Crippen molar-refractivity contribution in [2.45, 2.75) is 12.6 Å². The number of likely N-dealkylation sites (N-methyl/N-ethyl adjacent to an activating group) is 1. The molecule has 5 nitrogen and oxygen atoms in total. The number of thioether (sulfide) groups is 1. The molecule has 114 valence electrons. The summed E-state index contributed by atoms with van der Waals surface area (Å²) in [6.07, 6.45) is 0. The lowest BCUT2D eigenvalue weighted by atomic mass is 10.1. The van der Waals surface area contributed by atoms with Crippen LogP contribution >= 0.6 is 11.8 Å². The molecule has 6 heteroatoms. The summed E-state index contributed by atoms with van der Waals surface area (Å²) in [6, 6.07) is 7.25. The van der Waals surface area contributed by atoms with Crippen molar-refractivity contribution in [3.63, 3.8) is 0 Å². The van der Waals surface area contributed by atoms with E-state index in [9.17, 15) is 9.59 Å². The molecule has 1 saturated heterocycles. The molecule has 2 amide bonds. The Kier molecular flexibility index (Phi) is 5.64. The first kappa shape index (κ1) is 15.9. The van der Waals surface area contributed by atoms with Gasteiger partial charge in [0.15, 0.2) is 0 Å². The van der Waals surface area contributed by atoms with Crippen molar-refractivity contribution in [1.82, 2.24) is 15.5 Å². The highest BCUT2D eigenvalue weighted by Crippen LogP contribution is 2.12. The van der Waals surface area contributed by atoms with Gasteiger partial charge in [-0.15, -0.1) is 0 Å². The monoisotopic (exact) mass is 307 g/mol. The van der Waals surface area contributed by atoms with E-state index in [0.717, 1.165) is 23.6 Å². The molecule has 0 spiro atoms. The molecule has 1 aromatic rings. The van der Waals surface area contributed by atoms with E-state index < -0.39 is 0 Å². The van der Waals surface area contributed by atoms with Crippen molar-refractivity contribution >= 4 is 23.6 Å². The van der Waals surface area contributed by atoms with Crippen LogP contribution in [-0.2, 0) is 11.3 Å². The molecule has 0 saturated carbocycles. The molecule has 2 N–H and O–H groups in total. The van der Waals surface area contributed by atoms with Crippen molar-refractivity contribution < 1.29 is 9.59 Å². The molecule has 1 heterocycles. The highest BCUT2D eigenvalue weighted by molar-refractivity contribution is 7.99. The average molecular weight is 307 g/mol. The lowest BCUT2D eigenvalue weighted by Crippen LogP contribution is -2.49. The Hall–Kier alpha value is -1.53. The molecule has 2 rings (SSSR count). The smallest absolute Gasteiger partial charge is 0.251 e. The first-order valence-corrected chi connectivity index (χ1v) is 8.14. The van der Waals surface area contributed by atoms with Gasteiger partial charge in [-0.1, -0.05) is 12.1 Å². The molecular formula is C15H21N3O2S. The quantitative estimate of drug-likeness (QED) is 0.860. The summed E-state index contributed by atoms with van der Waals surface area (Å²) >= 11 is 1.81. The van der Waals surface area contributed by atoms with Crippen LogP contribution < -0.4 is 10.6 Å². The first-order chi connectivity index (χ1) is 10.1. The number of amides is 2. The van der Waals surface area contributed by atoms with E-state index in [2.05, 4.69) is 10.6 Å². The van der Waals surface area contributed by atoms with Gasteiger partial charge in [-0.2, -0.15) is 11.8 Å². The number of hydrogen-bond donors (Lipinski definition) is 2. The summed E-state index contributed by atoms with van der Waals surface area (Å²) in [5.41, 5.74) is 1.64. The number of nitrogens with one attached hydrogen (secondary N) is 2. The van der Waals surface area contributed by atoms with Gasteiger partial charge in [0.1, 0.15) is 0 Å². The number of benzene rings is 1. The van der Waals surface area contributed by atoms with Gasteiger partial charge < -0.3 is 15.5 Å². The summed E-state index contributed by atoms with van der Waals surface area (Å²) < 4.78 is 0. The van der Waals surface area contributed by atoms with Crippen LogP contribution in [0.25, 0.3) is 0 Å². The molecule has 1 aliphatic heterocycles. The third-order valence-electron chi connectivity index (χ3n) is 3.46. The van der Waals surface area contributed by atoms with Crippen LogP contribution in [0.1, 0.15) is 15.9 Å². The van der Waals surface area contributed by atoms with E-state index in [-0.39, 0.29) is 17.9 Å². The minimum Gasteiger partial charge on any atom is -0.355 e. The Morgan fingerprint density at radius 1 is 1.38 bits per heavy atom. The van der Waals surface area contributed by atoms with Gasteiger partial charge in [0, 0.05) is 44.3 Å². The SMILES string of the molecule is CNC(=O)c1ccc(CN(C)C(=O)C2CSCCN2)cc1. The van der Waals surface area contributed by atoms with Gasteiger partial charge >= 0.3 is 0 Å². The Morgan fingerprint density at radius 3 is 2.67 bits per heavy atom. The highest BCUT2D eigenvalue weighted by Gasteiger charge is 2.23. The maximum atomic E-state index is 12.3.